The van der Waals surface area contributed by atoms with Crippen LogP contribution in [0.15, 0.2) is 41.8 Å². The molecule has 1 aromatic rings. The highest BCUT2D eigenvalue weighted by atomic mass is 32.2. The number of hydrogen-bond donors (Lipinski definition) is 2. The molecule has 1 aliphatic heterocycles. The van der Waals surface area contributed by atoms with E-state index < -0.39 is 17.1 Å². The molecule has 22 heavy (non-hydrogen) atoms. The van der Waals surface area contributed by atoms with Gasteiger partial charge in [-0.2, -0.15) is 0 Å². The van der Waals surface area contributed by atoms with E-state index in [2.05, 4.69) is 17.2 Å². The number of anilines is 1. The smallest absolute Gasteiger partial charge is 0.307 e. The number of esters is 1. The fourth-order valence-electron chi connectivity index (χ4n) is 1.82. The van der Waals surface area contributed by atoms with E-state index in [-0.39, 0.29) is 18.9 Å². The second kappa shape index (κ2) is 7.65. The molecule has 1 aromatic carbocycles. The quantitative estimate of drug-likeness (QED) is 0.610. The maximum atomic E-state index is 11.9. The summed E-state index contributed by atoms with van der Waals surface area (Å²) in [5, 5.41) is 4.69. The summed E-state index contributed by atoms with van der Waals surface area (Å²) in [6, 6.07) is 7.37. The van der Waals surface area contributed by atoms with Crippen molar-refractivity contribution in [3.8, 4) is 0 Å². The average Bonchev–Trinajstić information content (AvgIpc) is 2.51. The fourth-order valence-corrected chi connectivity index (χ4v) is 2.92. The number of carbonyl (C=O) groups is 3. The first-order valence-corrected chi connectivity index (χ1v) is 7.58. The molecule has 2 N–H and O–H groups in total. The van der Waals surface area contributed by atoms with Gasteiger partial charge in [-0.25, -0.2) is 0 Å². The fraction of sp³-hybridized carbons (Fsp3) is 0.267. The van der Waals surface area contributed by atoms with Crippen molar-refractivity contribution in [3.63, 3.8) is 0 Å². The lowest BCUT2D eigenvalue weighted by Gasteiger charge is -2.23. The molecule has 2 rings (SSSR count). The molecule has 2 amide bonds. The molecular weight excluding hydrogens is 304 g/mol. The van der Waals surface area contributed by atoms with Crippen LogP contribution in [0.2, 0.25) is 0 Å². The molecule has 1 heterocycles. The SMILES string of the molecule is C=CCNC(=O)COC(=O)C[C@@H]1Sc2ccccc2NC1=O. The summed E-state index contributed by atoms with van der Waals surface area (Å²) in [4.78, 5) is 35.9. The van der Waals surface area contributed by atoms with Crippen molar-refractivity contribution in [1.29, 1.82) is 0 Å². The molecule has 0 saturated carbocycles. The Kier molecular flexibility index (Phi) is 5.60. The molecule has 6 nitrogen and oxygen atoms in total. The molecule has 1 aliphatic rings. The van der Waals surface area contributed by atoms with Gasteiger partial charge in [-0.1, -0.05) is 18.2 Å². The van der Waals surface area contributed by atoms with Crippen LogP contribution in [0.4, 0.5) is 5.69 Å². The molecule has 0 unspecified atom stereocenters. The van der Waals surface area contributed by atoms with E-state index in [0.29, 0.717) is 6.54 Å². The summed E-state index contributed by atoms with van der Waals surface area (Å²) in [6.45, 7) is 3.42. The first-order valence-electron chi connectivity index (χ1n) is 6.70. The van der Waals surface area contributed by atoms with Crippen molar-refractivity contribution in [2.75, 3.05) is 18.5 Å². The number of ether oxygens (including phenoxy) is 1. The van der Waals surface area contributed by atoms with Crippen LogP contribution in [0.25, 0.3) is 0 Å². The van der Waals surface area contributed by atoms with Gasteiger partial charge < -0.3 is 15.4 Å². The Morgan fingerprint density at radius 1 is 1.41 bits per heavy atom. The Balaban J connectivity index is 1.83. The van der Waals surface area contributed by atoms with Crippen LogP contribution in [-0.4, -0.2) is 36.2 Å². The van der Waals surface area contributed by atoms with Crippen molar-refractivity contribution in [2.45, 2.75) is 16.6 Å². The largest absolute Gasteiger partial charge is 0.456 e. The van der Waals surface area contributed by atoms with Crippen LogP contribution in [0.5, 0.6) is 0 Å². The minimum atomic E-state index is -0.583. The summed E-state index contributed by atoms with van der Waals surface area (Å²) in [5.74, 6) is -1.23. The zero-order valence-corrected chi connectivity index (χ0v) is 12.7. The van der Waals surface area contributed by atoms with Gasteiger partial charge in [0.2, 0.25) is 5.91 Å². The monoisotopic (exact) mass is 320 g/mol. The number of nitrogens with one attached hydrogen (secondary N) is 2. The van der Waals surface area contributed by atoms with E-state index in [1.54, 1.807) is 6.07 Å². The van der Waals surface area contributed by atoms with Gasteiger partial charge in [-0.3, -0.25) is 14.4 Å². The molecule has 0 spiro atoms. The minimum Gasteiger partial charge on any atom is -0.456 e. The Bertz CT molecular complexity index is 603. The van der Waals surface area contributed by atoms with Gasteiger partial charge in [-0.05, 0) is 12.1 Å². The number of rotatable bonds is 6. The third-order valence-corrected chi connectivity index (χ3v) is 4.14. The van der Waals surface area contributed by atoms with Crippen LogP contribution < -0.4 is 10.6 Å². The third kappa shape index (κ3) is 4.36. The number of carbonyl (C=O) groups excluding carboxylic acids is 3. The van der Waals surface area contributed by atoms with E-state index in [0.717, 1.165) is 10.6 Å². The second-order valence-corrected chi connectivity index (χ2v) is 5.79. The van der Waals surface area contributed by atoms with Crippen LogP contribution in [0, 0.1) is 0 Å². The number of para-hydroxylation sites is 1. The number of fused-ring (bicyclic) bond motifs is 1. The standard InChI is InChI=1S/C15H16N2O4S/c1-2-7-16-13(18)9-21-14(19)8-12-15(20)17-10-5-3-4-6-11(10)22-12/h2-6,12H,1,7-9H2,(H,16,18)(H,17,20)/t12-/m0/s1. The van der Waals surface area contributed by atoms with Gasteiger partial charge in [0, 0.05) is 11.4 Å². The van der Waals surface area contributed by atoms with Gasteiger partial charge in [0.15, 0.2) is 6.61 Å². The minimum absolute atomic E-state index is 0.0838. The van der Waals surface area contributed by atoms with Crippen LogP contribution >= 0.6 is 11.8 Å². The second-order valence-electron chi connectivity index (χ2n) is 4.55. The molecular formula is C15H16N2O4S. The van der Waals surface area contributed by atoms with Gasteiger partial charge >= 0.3 is 5.97 Å². The number of hydrogen-bond acceptors (Lipinski definition) is 5. The molecule has 0 fully saturated rings. The van der Waals surface area contributed by atoms with Crippen molar-refractivity contribution in [1.82, 2.24) is 5.32 Å². The van der Waals surface area contributed by atoms with Crippen molar-refractivity contribution < 1.29 is 19.1 Å². The molecule has 0 aromatic heterocycles. The highest BCUT2D eigenvalue weighted by Crippen LogP contribution is 2.36. The lowest BCUT2D eigenvalue weighted by Crippen LogP contribution is -2.33. The third-order valence-electron chi connectivity index (χ3n) is 2.87. The van der Waals surface area contributed by atoms with E-state index in [1.807, 2.05) is 18.2 Å². The van der Waals surface area contributed by atoms with E-state index in [9.17, 15) is 14.4 Å². The number of amides is 2. The average molecular weight is 320 g/mol. The number of benzene rings is 1. The summed E-state index contributed by atoms with van der Waals surface area (Å²) in [7, 11) is 0. The molecule has 1 atom stereocenters. The van der Waals surface area contributed by atoms with Crippen molar-refractivity contribution in [2.24, 2.45) is 0 Å². The topological polar surface area (TPSA) is 84.5 Å². The van der Waals surface area contributed by atoms with Gasteiger partial charge in [0.05, 0.1) is 17.4 Å². The zero-order chi connectivity index (χ0) is 15.9. The highest BCUT2D eigenvalue weighted by molar-refractivity contribution is 8.01. The number of thioether (sulfide) groups is 1. The van der Waals surface area contributed by atoms with Gasteiger partial charge in [-0.15, -0.1) is 18.3 Å². The molecule has 0 bridgehead atoms. The summed E-state index contributed by atoms with van der Waals surface area (Å²) in [6.07, 6.45) is 1.44. The van der Waals surface area contributed by atoms with E-state index in [1.165, 1.54) is 17.8 Å². The molecule has 116 valence electrons. The summed E-state index contributed by atoms with van der Waals surface area (Å²) >= 11 is 1.31. The lowest BCUT2D eigenvalue weighted by molar-refractivity contribution is -0.148. The van der Waals surface area contributed by atoms with Crippen LogP contribution in [0.1, 0.15) is 6.42 Å². The lowest BCUT2D eigenvalue weighted by atomic mass is 10.2. The Labute approximate surface area is 132 Å². The Morgan fingerprint density at radius 2 is 2.18 bits per heavy atom. The predicted molar refractivity (Wildman–Crippen MR) is 83.5 cm³/mol. The predicted octanol–water partition coefficient (Wildman–Crippen LogP) is 1.33. The van der Waals surface area contributed by atoms with Crippen LogP contribution in [0.3, 0.4) is 0 Å². The first-order chi connectivity index (χ1) is 10.6. The Hall–Kier alpha value is -2.28. The molecule has 0 aliphatic carbocycles. The normalized spacial score (nSPS) is 16.2. The van der Waals surface area contributed by atoms with Gasteiger partial charge in [0.25, 0.3) is 5.91 Å². The van der Waals surface area contributed by atoms with Gasteiger partial charge in [0.1, 0.15) is 0 Å². The van der Waals surface area contributed by atoms with Crippen molar-refractivity contribution in [3.05, 3.63) is 36.9 Å². The molecule has 7 heteroatoms. The van der Waals surface area contributed by atoms with E-state index in [4.69, 9.17) is 4.74 Å². The maximum absolute atomic E-state index is 11.9. The highest BCUT2D eigenvalue weighted by Gasteiger charge is 2.29. The first kappa shape index (κ1) is 16.1. The summed E-state index contributed by atoms with van der Waals surface area (Å²) < 4.78 is 4.86. The molecule has 0 radical (unpaired) electrons. The van der Waals surface area contributed by atoms with Crippen molar-refractivity contribution >= 4 is 35.2 Å². The van der Waals surface area contributed by atoms with Crippen LogP contribution in [-0.2, 0) is 19.1 Å². The van der Waals surface area contributed by atoms with E-state index >= 15 is 0 Å². The maximum Gasteiger partial charge on any atom is 0.307 e. The Morgan fingerprint density at radius 3 is 2.95 bits per heavy atom. The zero-order valence-electron chi connectivity index (χ0n) is 11.8. The summed E-state index contributed by atoms with van der Waals surface area (Å²) in [5.41, 5.74) is 0.742. The molecule has 0 saturated heterocycles.